The molecule has 0 unspecified atom stereocenters. The first-order valence-electron chi connectivity index (χ1n) is 5.93. The Bertz CT molecular complexity index is 870. The van der Waals surface area contributed by atoms with Crippen LogP contribution in [0.15, 0.2) is 30.3 Å². The first-order chi connectivity index (χ1) is 10.0. The van der Waals surface area contributed by atoms with E-state index in [1.165, 1.54) is 12.1 Å². The number of halogens is 4. The van der Waals surface area contributed by atoms with Crippen molar-refractivity contribution >= 4 is 17.2 Å². The van der Waals surface area contributed by atoms with Crippen molar-refractivity contribution in [2.24, 2.45) is 0 Å². The second-order valence-corrected chi connectivity index (χ2v) is 4.44. The molecule has 0 atom stereocenters. The van der Waals surface area contributed by atoms with Crippen molar-refractivity contribution in [1.29, 1.82) is 0 Å². The summed E-state index contributed by atoms with van der Waals surface area (Å²) in [4.78, 5) is 13.9. The summed E-state index contributed by atoms with van der Waals surface area (Å²) in [5.41, 5.74) is 0.0432. The SMILES string of the molecule is O=Cc1c(-c2ccc(F)c(F)c2F)[nH]c2ccc(F)cc12. The van der Waals surface area contributed by atoms with Gasteiger partial charge in [-0.25, -0.2) is 17.6 Å². The molecule has 0 aliphatic heterocycles. The number of aromatic amines is 1. The Morgan fingerprint density at radius 2 is 1.71 bits per heavy atom. The summed E-state index contributed by atoms with van der Waals surface area (Å²) in [6, 6.07) is 5.42. The maximum atomic E-state index is 13.8. The third kappa shape index (κ3) is 1.99. The van der Waals surface area contributed by atoms with E-state index < -0.39 is 23.3 Å². The molecular formula is C15H7F4NO. The molecular weight excluding hydrogens is 286 g/mol. The van der Waals surface area contributed by atoms with Crippen LogP contribution in [0.4, 0.5) is 17.6 Å². The summed E-state index contributed by atoms with van der Waals surface area (Å²) >= 11 is 0. The molecule has 0 radical (unpaired) electrons. The highest BCUT2D eigenvalue weighted by Crippen LogP contribution is 2.32. The number of rotatable bonds is 2. The Morgan fingerprint density at radius 3 is 2.43 bits per heavy atom. The van der Waals surface area contributed by atoms with Gasteiger partial charge in [-0.1, -0.05) is 0 Å². The van der Waals surface area contributed by atoms with E-state index in [1.807, 2.05) is 0 Å². The molecule has 2 nitrogen and oxygen atoms in total. The van der Waals surface area contributed by atoms with Crippen LogP contribution in [0.5, 0.6) is 0 Å². The summed E-state index contributed by atoms with van der Waals surface area (Å²) in [6.45, 7) is 0. The number of aromatic nitrogens is 1. The van der Waals surface area contributed by atoms with Crippen molar-refractivity contribution in [2.45, 2.75) is 0 Å². The molecule has 0 saturated heterocycles. The summed E-state index contributed by atoms with van der Waals surface area (Å²) in [7, 11) is 0. The summed E-state index contributed by atoms with van der Waals surface area (Å²) < 4.78 is 53.4. The van der Waals surface area contributed by atoms with Gasteiger partial charge in [0.25, 0.3) is 0 Å². The van der Waals surface area contributed by atoms with Gasteiger partial charge in [0.1, 0.15) is 5.82 Å². The van der Waals surface area contributed by atoms with E-state index in [2.05, 4.69) is 4.98 Å². The average molecular weight is 293 g/mol. The van der Waals surface area contributed by atoms with Gasteiger partial charge in [0.2, 0.25) is 0 Å². The van der Waals surface area contributed by atoms with Crippen LogP contribution in [0.2, 0.25) is 0 Å². The molecule has 0 fully saturated rings. The lowest BCUT2D eigenvalue weighted by Gasteiger charge is -2.03. The van der Waals surface area contributed by atoms with Crippen molar-refractivity contribution in [1.82, 2.24) is 4.98 Å². The number of carbonyl (C=O) groups is 1. The number of aldehydes is 1. The summed E-state index contributed by atoms with van der Waals surface area (Å²) in [5, 5.41) is 0.240. The number of hydrogen-bond donors (Lipinski definition) is 1. The van der Waals surface area contributed by atoms with Crippen molar-refractivity contribution in [3.05, 3.63) is 59.2 Å². The molecule has 0 spiro atoms. The maximum absolute atomic E-state index is 13.8. The van der Waals surface area contributed by atoms with Crippen LogP contribution in [-0.2, 0) is 0 Å². The quantitative estimate of drug-likeness (QED) is 0.428. The van der Waals surface area contributed by atoms with Crippen molar-refractivity contribution in [3.63, 3.8) is 0 Å². The molecule has 106 valence electrons. The predicted molar refractivity (Wildman–Crippen MR) is 69.0 cm³/mol. The van der Waals surface area contributed by atoms with E-state index in [4.69, 9.17) is 0 Å². The molecule has 3 rings (SSSR count). The monoisotopic (exact) mass is 293 g/mol. The van der Waals surface area contributed by atoms with Crippen LogP contribution in [-0.4, -0.2) is 11.3 Å². The Hall–Kier alpha value is -2.63. The van der Waals surface area contributed by atoms with Crippen LogP contribution in [0.25, 0.3) is 22.2 Å². The highest BCUT2D eigenvalue weighted by Gasteiger charge is 2.20. The lowest BCUT2D eigenvalue weighted by atomic mass is 10.1. The number of carbonyl (C=O) groups excluding carboxylic acids is 1. The van der Waals surface area contributed by atoms with Gasteiger partial charge >= 0.3 is 0 Å². The van der Waals surface area contributed by atoms with E-state index in [-0.39, 0.29) is 22.2 Å². The maximum Gasteiger partial charge on any atom is 0.195 e. The van der Waals surface area contributed by atoms with Crippen molar-refractivity contribution < 1.29 is 22.4 Å². The standard InChI is InChI=1S/C15H7F4NO/c16-7-1-4-12-9(5-7)10(6-21)15(20-12)8-2-3-11(17)14(19)13(8)18/h1-6,20H. The smallest absolute Gasteiger partial charge is 0.195 e. The first kappa shape index (κ1) is 13.4. The minimum Gasteiger partial charge on any atom is -0.354 e. The minimum atomic E-state index is -1.63. The second-order valence-electron chi connectivity index (χ2n) is 4.44. The highest BCUT2D eigenvalue weighted by molar-refractivity contribution is 6.04. The van der Waals surface area contributed by atoms with Gasteiger partial charge in [-0.05, 0) is 30.3 Å². The summed E-state index contributed by atoms with van der Waals surface area (Å²) in [5.74, 6) is -4.94. The zero-order chi connectivity index (χ0) is 15.1. The Labute approximate surface area is 116 Å². The molecule has 6 heteroatoms. The number of H-pyrrole nitrogens is 1. The van der Waals surface area contributed by atoms with Crippen molar-refractivity contribution in [2.75, 3.05) is 0 Å². The van der Waals surface area contributed by atoms with Gasteiger partial charge in [0.15, 0.2) is 23.7 Å². The Balaban J connectivity index is 2.35. The van der Waals surface area contributed by atoms with E-state index in [0.29, 0.717) is 11.8 Å². The number of nitrogens with one attached hydrogen (secondary N) is 1. The van der Waals surface area contributed by atoms with E-state index in [0.717, 1.165) is 18.2 Å². The van der Waals surface area contributed by atoms with E-state index >= 15 is 0 Å². The molecule has 0 aliphatic rings. The zero-order valence-corrected chi connectivity index (χ0v) is 10.4. The Morgan fingerprint density at radius 1 is 0.952 bits per heavy atom. The van der Waals surface area contributed by atoms with Crippen LogP contribution in [0, 0.1) is 23.3 Å². The van der Waals surface area contributed by atoms with Gasteiger partial charge in [0, 0.05) is 22.0 Å². The molecule has 3 aromatic rings. The fourth-order valence-corrected chi connectivity index (χ4v) is 2.24. The van der Waals surface area contributed by atoms with Gasteiger partial charge < -0.3 is 4.98 Å². The van der Waals surface area contributed by atoms with Crippen LogP contribution >= 0.6 is 0 Å². The van der Waals surface area contributed by atoms with Crippen LogP contribution in [0.3, 0.4) is 0 Å². The molecule has 1 heterocycles. The fraction of sp³-hybridized carbons (Fsp3) is 0. The first-order valence-corrected chi connectivity index (χ1v) is 5.93. The third-order valence-corrected chi connectivity index (χ3v) is 3.22. The van der Waals surface area contributed by atoms with E-state index in [9.17, 15) is 22.4 Å². The average Bonchev–Trinajstić information content (AvgIpc) is 2.82. The lowest BCUT2D eigenvalue weighted by molar-refractivity contribution is 0.112. The highest BCUT2D eigenvalue weighted by atomic mass is 19.2. The number of fused-ring (bicyclic) bond motifs is 1. The third-order valence-electron chi connectivity index (χ3n) is 3.22. The van der Waals surface area contributed by atoms with Gasteiger partial charge in [-0.3, -0.25) is 4.79 Å². The predicted octanol–water partition coefficient (Wildman–Crippen LogP) is 4.20. The summed E-state index contributed by atoms with van der Waals surface area (Å²) in [6.07, 6.45) is 0.411. The molecule has 21 heavy (non-hydrogen) atoms. The second kappa shape index (κ2) is 4.73. The topological polar surface area (TPSA) is 32.9 Å². The zero-order valence-electron chi connectivity index (χ0n) is 10.4. The molecule has 1 N–H and O–H groups in total. The molecule has 0 amide bonds. The molecule has 1 aromatic heterocycles. The van der Waals surface area contributed by atoms with Gasteiger partial charge in [-0.15, -0.1) is 0 Å². The molecule has 0 bridgehead atoms. The van der Waals surface area contributed by atoms with Crippen molar-refractivity contribution in [3.8, 4) is 11.3 Å². The number of hydrogen-bond acceptors (Lipinski definition) is 1. The molecule has 0 aliphatic carbocycles. The largest absolute Gasteiger partial charge is 0.354 e. The lowest BCUT2D eigenvalue weighted by Crippen LogP contribution is -1.95. The van der Waals surface area contributed by atoms with Crippen LogP contribution in [0.1, 0.15) is 10.4 Å². The van der Waals surface area contributed by atoms with Gasteiger partial charge in [0.05, 0.1) is 5.69 Å². The van der Waals surface area contributed by atoms with E-state index in [1.54, 1.807) is 0 Å². The molecule has 0 saturated carbocycles. The Kier molecular flexibility index (Phi) is 3.01. The number of benzene rings is 2. The molecule has 2 aromatic carbocycles. The normalized spacial score (nSPS) is 11.0. The minimum absolute atomic E-state index is 0.0191. The fourth-order valence-electron chi connectivity index (χ4n) is 2.24. The van der Waals surface area contributed by atoms with Gasteiger partial charge in [-0.2, -0.15) is 0 Å². The van der Waals surface area contributed by atoms with Crippen LogP contribution < -0.4 is 0 Å².